The molecule has 0 N–H and O–H groups in total. The normalized spacial score (nSPS) is 18.6. The molecule has 0 saturated heterocycles. The Morgan fingerprint density at radius 2 is 1.75 bits per heavy atom. The molecule has 4 rings (SSSR count). The third kappa shape index (κ3) is 2.31. The summed E-state index contributed by atoms with van der Waals surface area (Å²) >= 11 is 0. The molecule has 1 aliphatic carbocycles. The van der Waals surface area contributed by atoms with Crippen LogP contribution in [0.3, 0.4) is 0 Å². The van der Waals surface area contributed by atoms with Crippen molar-refractivity contribution in [3.8, 4) is 22.6 Å². The highest BCUT2D eigenvalue weighted by atomic mass is 16.6. The van der Waals surface area contributed by atoms with Gasteiger partial charge in [-0.2, -0.15) is 0 Å². The van der Waals surface area contributed by atoms with E-state index in [2.05, 4.69) is 39.0 Å². The second-order valence-electron chi connectivity index (χ2n) is 6.85. The maximum Gasteiger partial charge on any atom is 0.169 e. The molecule has 1 aliphatic heterocycles. The molecule has 0 spiro atoms. The van der Waals surface area contributed by atoms with Crippen LogP contribution in [0.25, 0.3) is 11.1 Å². The average Bonchev–Trinajstić information content (AvgIpc) is 2.87. The van der Waals surface area contributed by atoms with Gasteiger partial charge in [-0.3, -0.25) is 4.79 Å². The number of Topliss-reactive ketones (excluding diaryl/α,β-unsaturated/α-hetero) is 1. The van der Waals surface area contributed by atoms with Gasteiger partial charge in [-0.15, -0.1) is 0 Å². The molecule has 3 nitrogen and oxygen atoms in total. The molecule has 1 heterocycles. The summed E-state index contributed by atoms with van der Waals surface area (Å²) in [6.45, 7) is 7.36. The third-order valence-corrected chi connectivity index (χ3v) is 5.03. The lowest BCUT2D eigenvalue weighted by Crippen LogP contribution is -2.17. The zero-order valence-corrected chi connectivity index (χ0v) is 14.4. The number of hydrogen-bond acceptors (Lipinski definition) is 3. The van der Waals surface area contributed by atoms with E-state index in [1.165, 1.54) is 11.1 Å². The molecule has 124 valence electrons. The molecule has 2 aromatic carbocycles. The maximum absolute atomic E-state index is 12.7. The first-order valence-corrected chi connectivity index (χ1v) is 8.66. The van der Waals surface area contributed by atoms with Crippen molar-refractivity contribution < 1.29 is 14.3 Å². The largest absolute Gasteiger partial charge is 0.486 e. The molecule has 0 amide bonds. The fourth-order valence-corrected chi connectivity index (χ4v) is 3.97. The highest BCUT2D eigenvalue weighted by molar-refractivity contribution is 6.05. The van der Waals surface area contributed by atoms with Gasteiger partial charge in [0.2, 0.25) is 0 Å². The van der Waals surface area contributed by atoms with Crippen LogP contribution in [0.4, 0.5) is 0 Å². The topological polar surface area (TPSA) is 35.5 Å². The second-order valence-corrected chi connectivity index (χ2v) is 6.85. The highest BCUT2D eigenvalue weighted by Gasteiger charge is 2.35. The summed E-state index contributed by atoms with van der Waals surface area (Å²) < 4.78 is 11.8. The molecule has 0 aromatic heterocycles. The summed E-state index contributed by atoms with van der Waals surface area (Å²) in [5.74, 6) is 1.83. The van der Waals surface area contributed by atoms with Gasteiger partial charge >= 0.3 is 0 Å². The Morgan fingerprint density at radius 3 is 2.46 bits per heavy atom. The number of rotatable bonds is 2. The number of hydrogen-bond donors (Lipinski definition) is 0. The fraction of sp³-hybridized carbons (Fsp3) is 0.381. The molecular weight excluding hydrogens is 300 g/mol. The zero-order chi connectivity index (χ0) is 16.8. The summed E-state index contributed by atoms with van der Waals surface area (Å²) in [6.07, 6.45) is 1.66. The van der Waals surface area contributed by atoms with Crippen LogP contribution in [0.15, 0.2) is 24.3 Å². The van der Waals surface area contributed by atoms with Gasteiger partial charge in [0.1, 0.15) is 13.2 Å². The first kappa shape index (κ1) is 15.3. The molecule has 3 heteroatoms. The van der Waals surface area contributed by atoms with E-state index in [4.69, 9.17) is 9.47 Å². The lowest BCUT2D eigenvalue weighted by Gasteiger charge is -2.24. The predicted molar refractivity (Wildman–Crippen MR) is 94.2 cm³/mol. The Hall–Kier alpha value is -2.29. The summed E-state index contributed by atoms with van der Waals surface area (Å²) in [4.78, 5) is 12.7. The van der Waals surface area contributed by atoms with E-state index in [-0.39, 0.29) is 11.7 Å². The monoisotopic (exact) mass is 322 g/mol. The lowest BCUT2D eigenvalue weighted by atomic mass is 9.92. The standard InChI is InChI=1S/C21H22O3/c1-4-14-10-16-17(20(14)22)11-18-21(24-6-5-23-18)19(16)15-8-12(2)7-13(3)9-15/h7-9,11,14H,4-6,10H2,1-3H3. The fourth-order valence-electron chi connectivity index (χ4n) is 3.97. The molecule has 1 atom stereocenters. The number of benzene rings is 2. The van der Waals surface area contributed by atoms with E-state index in [1.807, 2.05) is 6.07 Å². The Balaban J connectivity index is 2.00. The molecule has 24 heavy (non-hydrogen) atoms. The van der Waals surface area contributed by atoms with E-state index in [1.54, 1.807) is 0 Å². The minimum absolute atomic E-state index is 0.0773. The molecule has 2 aromatic rings. The van der Waals surface area contributed by atoms with Crippen LogP contribution in [-0.4, -0.2) is 19.0 Å². The molecule has 2 aliphatic rings. The van der Waals surface area contributed by atoms with Gasteiger partial charge in [-0.1, -0.05) is 36.2 Å². The molecule has 0 fully saturated rings. The van der Waals surface area contributed by atoms with Crippen LogP contribution in [0.1, 0.15) is 40.4 Å². The van der Waals surface area contributed by atoms with Crippen molar-refractivity contribution in [1.82, 2.24) is 0 Å². The maximum atomic E-state index is 12.7. The summed E-state index contributed by atoms with van der Waals surface area (Å²) in [5.41, 5.74) is 6.55. The molecule has 0 saturated carbocycles. The van der Waals surface area contributed by atoms with Crippen LogP contribution < -0.4 is 9.47 Å². The quantitative estimate of drug-likeness (QED) is 0.816. The molecule has 1 unspecified atom stereocenters. The van der Waals surface area contributed by atoms with Crippen LogP contribution >= 0.6 is 0 Å². The van der Waals surface area contributed by atoms with Crippen LogP contribution in [0, 0.1) is 19.8 Å². The van der Waals surface area contributed by atoms with Crippen molar-refractivity contribution >= 4 is 5.78 Å². The smallest absolute Gasteiger partial charge is 0.169 e. The minimum Gasteiger partial charge on any atom is -0.486 e. The first-order chi connectivity index (χ1) is 11.6. The van der Waals surface area contributed by atoms with Gasteiger partial charge in [0, 0.05) is 17.0 Å². The van der Waals surface area contributed by atoms with E-state index in [0.29, 0.717) is 19.0 Å². The highest BCUT2D eigenvalue weighted by Crippen LogP contribution is 2.48. The van der Waals surface area contributed by atoms with Crippen LogP contribution in [0.2, 0.25) is 0 Å². The van der Waals surface area contributed by atoms with Gasteiger partial charge in [0.25, 0.3) is 0 Å². The molecule has 0 radical (unpaired) electrons. The van der Waals surface area contributed by atoms with Gasteiger partial charge < -0.3 is 9.47 Å². The lowest BCUT2D eigenvalue weighted by molar-refractivity contribution is 0.0933. The number of carbonyl (C=O) groups is 1. The van der Waals surface area contributed by atoms with Crippen molar-refractivity contribution in [2.24, 2.45) is 5.92 Å². The third-order valence-electron chi connectivity index (χ3n) is 5.03. The van der Waals surface area contributed by atoms with Crippen molar-refractivity contribution in [2.75, 3.05) is 13.2 Å². The van der Waals surface area contributed by atoms with Gasteiger partial charge in [0.15, 0.2) is 17.3 Å². The number of aryl methyl sites for hydroxylation is 2. The number of carbonyl (C=O) groups excluding carboxylic acids is 1. The Kier molecular flexibility index (Phi) is 3.60. The van der Waals surface area contributed by atoms with E-state index < -0.39 is 0 Å². The Bertz CT molecular complexity index is 815. The van der Waals surface area contributed by atoms with Crippen molar-refractivity contribution in [2.45, 2.75) is 33.6 Å². The van der Waals surface area contributed by atoms with Crippen molar-refractivity contribution in [3.63, 3.8) is 0 Å². The second kappa shape index (κ2) is 5.66. The van der Waals surface area contributed by atoms with Gasteiger partial charge in [-0.25, -0.2) is 0 Å². The summed E-state index contributed by atoms with van der Waals surface area (Å²) in [6, 6.07) is 8.40. The zero-order valence-electron chi connectivity index (χ0n) is 14.4. The molecular formula is C21H22O3. The Morgan fingerprint density at radius 1 is 1.04 bits per heavy atom. The average molecular weight is 322 g/mol. The first-order valence-electron chi connectivity index (χ1n) is 8.66. The summed E-state index contributed by atoms with van der Waals surface area (Å²) in [5, 5.41) is 0. The predicted octanol–water partition coefficient (Wildman–Crippen LogP) is 4.51. The molecule has 0 bridgehead atoms. The van der Waals surface area contributed by atoms with Crippen LogP contribution in [-0.2, 0) is 6.42 Å². The SMILES string of the molecule is CCC1Cc2c(cc3c(c2-c2cc(C)cc(C)c2)OCCO3)C1=O. The van der Waals surface area contributed by atoms with Crippen molar-refractivity contribution in [3.05, 3.63) is 46.5 Å². The van der Waals surface area contributed by atoms with E-state index in [0.717, 1.165) is 40.8 Å². The number of fused-ring (bicyclic) bond motifs is 2. The van der Waals surface area contributed by atoms with Gasteiger partial charge in [0.05, 0.1) is 0 Å². The van der Waals surface area contributed by atoms with Crippen molar-refractivity contribution in [1.29, 1.82) is 0 Å². The minimum atomic E-state index is 0.0773. The number of ether oxygens (including phenoxy) is 2. The van der Waals surface area contributed by atoms with E-state index in [9.17, 15) is 4.79 Å². The van der Waals surface area contributed by atoms with Gasteiger partial charge in [-0.05, 0) is 43.9 Å². The Labute approximate surface area is 142 Å². The van der Waals surface area contributed by atoms with Crippen LogP contribution in [0.5, 0.6) is 11.5 Å². The summed E-state index contributed by atoms with van der Waals surface area (Å²) in [7, 11) is 0. The number of ketones is 1. The van der Waals surface area contributed by atoms with E-state index >= 15 is 0 Å².